The first-order valence-corrected chi connectivity index (χ1v) is 12.3. The molecule has 0 aliphatic rings. The van der Waals surface area contributed by atoms with Crippen molar-refractivity contribution in [3.05, 3.63) is 118 Å². The second-order valence-electron chi connectivity index (χ2n) is 7.27. The molecule has 0 bridgehead atoms. The van der Waals surface area contributed by atoms with Gasteiger partial charge in [0.1, 0.15) is 0 Å². The van der Waals surface area contributed by atoms with Crippen molar-refractivity contribution in [2.45, 2.75) is 17.4 Å². The third kappa shape index (κ3) is 4.61. The molecule has 0 radical (unpaired) electrons. The van der Waals surface area contributed by atoms with E-state index in [1.807, 2.05) is 42.6 Å². The van der Waals surface area contributed by atoms with Gasteiger partial charge in [-0.1, -0.05) is 84.1 Å². The number of hydrogen-bond acceptors (Lipinski definition) is 4. The number of aryl methyl sites for hydroxylation is 1. The number of benzene rings is 3. The van der Waals surface area contributed by atoms with Gasteiger partial charge in [0.2, 0.25) is 0 Å². The van der Waals surface area contributed by atoms with E-state index in [-0.39, 0.29) is 10.6 Å². The predicted molar refractivity (Wildman–Crippen MR) is 129 cm³/mol. The van der Waals surface area contributed by atoms with Gasteiger partial charge in [0, 0.05) is 11.1 Å². The standard InChI is InChI=1S/C26H21NO3S2/c1-20-13-15-23(16-14-20)32(29,30)27-25-12-6-5-11-24(25)26(28,21-8-3-2-4-9-21)18-17-22-10-7-19-31-22/h2-16,19,27-28H,1H3. The maximum Gasteiger partial charge on any atom is 0.261 e. The van der Waals surface area contributed by atoms with E-state index in [0.717, 1.165) is 10.4 Å². The lowest BCUT2D eigenvalue weighted by Crippen LogP contribution is -2.27. The number of thiophene rings is 1. The number of nitrogens with one attached hydrogen (secondary N) is 1. The quantitative estimate of drug-likeness (QED) is 0.406. The molecule has 4 aromatic rings. The third-order valence-electron chi connectivity index (χ3n) is 4.97. The van der Waals surface area contributed by atoms with E-state index >= 15 is 0 Å². The Balaban J connectivity index is 1.82. The number of aliphatic hydroxyl groups is 1. The summed E-state index contributed by atoms with van der Waals surface area (Å²) in [6.07, 6.45) is 0. The maximum atomic E-state index is 13.0. The molecule has 1 aromatic heterocycles. The van der Waals surface area contributed by atoms with Crippen LogP contribution in [0, 0.1) is 18.8 Å². The molecule has 160 valence electrons. The van der Waals surface area contributed by atoms with Gasteiger partial charge >= 0.3 is 0 Å². The number of rotatable bonds is 5. The van der Waals surface area contributed by atoms with Gasteiger partial charge in [0.05, 0.1) is 15.5 Å². The zero-order chi connectivity index (χ0) is 22.6. The highest BCUT2D eigenvalue weighted by molar-refractivity contribution is 7.92. The normalized spacial score (nSPS) is 12.9. The minimum Gasteiger partial charge on any atom is -0.369 e. The van der Waals surface area contributed by atoms with Crippen molar-refractivity contribution < 1.29 is 13.5 Å². The Labute approximate surface area is 192 Å². The first-order chi connectivity index (χ1) is 15.4. The number of para-hydroxylation sites is 1. The molecule has 4 nitrogen and oxygen atoms in total. The van der Waals surface area contributed by atoms with Gasteiger partial charge in [-0.2, -0.15) is 0 Å². The van der Waals surface area contributed by atoms with E-state index in [1.165, 1.54) is 11.3 Å². The maximum absolute atomic E-state index is 13.0. The summed E-state index contributed by atoms with van der Waals surface area (Å²) in [6.45, 7) is 1.89. The molecule has 3 aromatic carbocycles. The predicted octanol–water partition coefficient (Wildman–Crippen LogP) is 5.14. The van der Waals surface area contributed by atoms with E-state index in [9.17, 15) is 13.5 Å². The van der Waals surface area contributed by atoms with Crippen LogP contribution in [0.5, 0.6) is 0 Å². The molecule has 0 saturated carbocycles. The summed E-state index contributed by atoms with van der Waals surface area (Å²) in [7, 11) is -3.86. The van der Waals surface area contributed by atoms with Crippen molar-refractivity contribution in [1.82, 2.24) is 0 Å². The SMILES string of the molecule is Cc1ccc(S(=O)(=O)Nc2ccccc2C(O)(C#Cc2cccs2)c2ccccc2)cc1. The van der Waals surface area contributed by atoms with Gasteiger partial charge < -0.3 is 5.11 Å². The highest BCUT2D eigenvalue weighted by Crippen LogP contribution is 2.35. The van der Waals surface area contributed by atoms with Gasteiger partial charge in [0.15, 0.2) is 5.60 Å². The average Bonchev–Trinajstić information content (AvgIpc) is 3.32. The molecular weight excluding hydrogens is 438 g/mol. The Hall–Kier alpha value is -3.37. The Bertz CT molecular complexity index is 1370. The largest absolute Gasteiger partial charge is 0.369 e. The van der Waals surface area contributed by atoms with Crippen LogP contribution in [0.2, 0.25) is 0 Å². The monoisotopic (exact) mass is 459 g/mol. The van der Waals surface area contributed by atoms with Crippen LogP contribution in [0.25, 0.3) is 0 Å². The molecule has 0 amide bonds. The Morgan fingerprint density at radius 2 is 1.56 bits per heavy atom. The minimum atomic E-state index is -3.86. The molecule has 1 unspecified atom stereocenters. The molecule has 0 saturated heterocycles. The van der Waals surface area contributed by atoms with Gasteiger partial charge in [-0.25, -0.2) is 8.42 Å². The van der Waals surface area contributed by atoms with E-state index in [2.05, 4.69) is 16.6 Å². The topological polar surface area (TPSA) is 66.4 Å². The van der Waals surface area contributed by atoms with E-state index in [4.69, 9.17) is 0 Å². The van der Waals surface area contributed by atoms with Crippen LogP contribution in [0.15, 0.2) is 101 Å². The van der Waals surface area contributed by atoms with Crippen LogP contribution in [0.1, 0.15) is 21.6 Å². The number of anilines is 1. The van der Waals surface area contributed by atoms with Crippen molar-refractivity contribution in [1.29, 1.82) is 0 Å². The van der Waals surface area contributed by atoms with E-state index in [1.54, 1.807) is 60.7 Å². The molecule has 1 atom stereocenters. The molecule has 2 N–H and O–H groups in total. The lowest BCUT2D eigenvalue weighted by atomic mass is 9.86. The fraction of sp³-hybridized carbons (Fsp3) is 0.0769. The number of hydrogen-bond donors (Lipinski definition) is 2. The summed E-state index contributed by atoms with van der Waals surface area (Å²) in [6, 6.07) is 26.2. The molecule has 6 heteroatoms. The molecule has 1 heterocycles. The molecule has 0 fully saturated rings. The van der Waals surface area contributed by atoms with Crippen LogP contribution in [-0.4, -0.2) is 13.5 Å². The summed E-state index contributed by atoms with van der Waals surface area (Å²) < 4.78 is 28.7. The van der Waals surface area contributed by atoms with Gasteiger partial charge in [-0.15, -0.1) is 11.3 Å². The Morgan fingerprint density at radius 3 is 2.25 bits per heavy atom. The summed E-state index contributed by atoms with van der Waals surface area (Å²) >= 11 is 1.47. The lowest BCUT2D eigenvalue weighted by molar-refractivity contribution is 0.146. The number of sulfonamides is 1. The first kappa shape index (κ1) is 21.8. The Kier molecular flexibility index (Phi) is 6.15. The summed E-state index contributed by atoms with van der Waals surface area (Å²) in [4.78, 5) is 0.947. The fourth-order valence-corrected chi connectivity index (χ4v) is 4.94. The molecule has 0 aliphatic carbocycles. The highest BCUT2D eigenvalue weighted by atomic mass is 32.2. The summed E-state index contributed by atoms with van der Waals surface area (Å²) in [5.41, 5.74) is 0.404. The van der Waals surface area contributed by atoms with Crippen molar-refractivity contribution in [2.75, 3.05) is 4.72 Å². The van der Waals surface area contributed by atoms with Crippen LogP contribution >= 0.6 is 11.3 Å². The lowest BCUT2D eigenvalue weighted by Gasteiger charge is -2.26. The van der Waals surface area contributed by atoms with E-state index in [0.29, 0.717) is 11.1 Å². The van der Waals surface area contributed by atoms with Crippen LogP contribution in [0.3, 0.4) is 0 Å². The fourth-order valence-electron chi connectivity index (χ4n) is 3.28. The van der Waals surface area contributed by atoms with Gasteiger partial charge in [-0.05, 0) is 36.6 Å². The summed E-state index contributed by atoms with van der Waals surface area (Å²) in [5, 5.41) is 13.7. The van der Waals surface area contributed by atoms with Crippen molar-refractivity contribution in [3.63, 3.8) is 0 Å². The zero-order valence-electron chi connectivity index (χ0n) is 17.3. The second kappa shape index (κ2) is 9.01. The molecule has 32 heavy (non-hydrogen) atoms. The third-order valence-corrected chi connectivity index (χ3v) is 7.14. The van der Waals surface area contributed by atoms with Gasteiger partial charge in [-0.3, -0.25) is 4.72 Å². The van der Waals surface area contributed by atoms with Crippen molar-refractivity contribution in [2.24, 2.45) is 0 Å². The van der Waals surface area contributed by atoms with E-state index < -0.39 is 15.6 Å². The van der Waals surface area contributed by atoms with Crippen LogP contribution in [-0.2, 0) is 15.6 Å². The first-order valence-electron chi connectivity index (χ1n) is 9.92. The molecule has 0 spiro atoms. The van der Waals surface area contributed by atoms with Crippen LogP contribution < -0.4 is 4.72 Å². The van der Waals surface area contributed by atoms with Crippen molar-refractivity contribution >= 4 is 27.0 Å². The Morgan fingerprint density at radius 1 is 0.875 bits per heavy atom. The highest BCUT2D eigenvalue weighted by Gasteiger charge is 2.33. The van der Waals surface area contributed by atoms with Crippen LogP contribution in [0.4, 0.5) is 5.69 Å². The zero-order valence-corrected chi connectivity index (χ0v) is 19.0. The summed E-state index contributed by atoms with van der Waals surface area (Å²) in [5.74, 6) is 6.02. The molecule has 4 rings (SSSR count). The van der Waals surface area contributed by atoms with Gasteiger partial charge in [0.25, 0.3) is 10.0 Å². The molecular formula is C26H21NO3S2. The average molecular weight is 460 g/mol. The molecule has 0 aliphatic heterocycles. The minimum absolute atomic E-state index is 0.144. The van der Waals surface area contributed by atoms with Crippen molar-refractivity contribution in [3.8, 4) is 11.8 Å². The second-order valence-corrected chi connectivity index (χ2v) is 9.90. The smallest absolute Gasteiger partial charge is 0.261 e.